The lowest BCUT2D eigenvalue weighted by atomic mass is 9.98. The van der Waals surface area contributed by atoms with Crippen LogP contribution in [0, 0.1) is 0 Å². The molecule has 0 spiro atoms. The van der Waals surface area contributed by atoms with Crippen LogP contribution in [0.25, 0.3) is 11.0 Å². The summed E-state index contributed by atoms with van der Waals surface area (Å²) in [6.07, 6.45) is 0.768. The average molecular weight is 484 g/mol. The molecule has 0 radical (unpaired) electrons. The van der Waals surface area contributed by atoms with Crippen LogP contribution >= 0.6 is 0 Å². The minimum atomic E-state index is -0.532. The van der Waals surface area contributed by atoms with Crippen LogP contribution in [-0.2, 0) is 11.3 Å². The van der Waals surface area contributed by atoms with E-state index >= 15 is 0 Å². The second kappa shape index (κ2) is 10.4. The molecule has 1 atom stereocenters. The molecule has 0 aliphatic carbocycles. The Morgan fingerprint density at radius 1 is 0.917 bits per heavy atom. The van der Waals surface area contributed by atoms with E-state index in [2.05, 4.69) is 0 Å². The number of amides is 1. The zero-order valence-corrected chi connectivity index (χ0v) is 20.5. The van der Waals surface area contributed by atoms with Crippen molar-refractivity contribution in [3.63, 3.8) is 0 Å². The molecule has 6 nitrogen and oxygen atoms in total. The van der Waals surface area contributed by atoms with Crippen LogP contribution in [0.1, 0.15) is 53.6 Å². The molecule has 2 heterocycles. The van der Waals surface area contributed by atoms with E-state index in [-0.39, 0.29) is 23.2 Å². The Bertz CT molecular complexity index is 1410. The number of carbonyl (C=O) groups excluding carboxylic acids is 1. The molecule has 0 fully saturated rings. The molecule has 0 bridgehead atoms. The molecule has 1 aliphatic rings. The third kappa shape index (κ3) is 4.77. The molecule has 1 aromatic heterocycles. The summed E-state index contributed by atoms with van der Waals surface area (Å²) in [5.74, 6) is 0.569. The molecule has 0 N–H and O–H groups in total. The fourth-order valence-electron chi connectivity index (χ4n) is 4.59. The molecular weight excluding hydrogens is 454 g/mol. The second-order valence-corrected chi connectivity index (χ2v) is 9.19. The van der Waals surface area contributed by atoms with Gasteiger partial charge in [0.2, 0.25) is 5.76 Å². The van der Waals surface area contributed by atoms with Crippen LogP contribution in [0.3, 0.4) is 0 Å². The van der Waals surface area contributed by atoms with Crippen LogP contribution in [-0.4, -0.2) is 30.1 Å². The number of benzene rings is 3. The summed E-state index contributed by atoms with van der Waals surface area (Å²) >= 11 is 0. The van der Waals surface area contributed by atoms with Gasteiger partial charge in [-0.3, -0.25) is 9.59 Å². The molecule has 4 aromatic rings. The van der Waals surface area contributed by atoms with Crippen molar-refractivity contribution in [2.75, 3.05) is 13.2 Å². The van der Waals surface area contributed by atoms with Crippen molar-refractivity contribution < 1.29 is 18.7 Å². The van der Waals surface area contributed by atoms with Gasteiger partial charge in [0.05, 0.1) is 23.1 Å². The van der Waals surface area contributed by atoms with E-state index in [0.717, 1.165) is 16.9 Å². The van der Waals surface area contributed by atoms with Crippen molar-refractivity contribution in [1.29, 1.82) is 0 Å². The van der Waals surface area contributed by atoms with Crippen molar-refractivity contribution >= 4 is 16.9 Å². The maximum absolute atomic E-state index is 13.6. The number of rotatable bonds is 9. The number of hydrogen-bond donors (Lipinski definition) is 0. The summed E-state index contributed by atoms with van der Waals surface area (Å²) in [7, 11) is 0. The van der Waals surface area contributed by atoms with Crippen molar-refractivity contribution in [2.24, 2.45) is 0 Å². The van der Waals surface area contributed by atoms with E-state index in [0.29, 0.717) is 42.7 Å². The lowest BCUT2D eigenvalue weighted by molar-refractivity contribution is 0.0593. The molecule has 3 aromatic carbocycles. The smallest absolute Gasteiger partial charge is 0.290 e. The molecule has 1 aliphatic heterocycles. The Kier molecular flexibility index (Phi) is 6.87. The van der Waals surface area contributed by atoms with Gasteiger partial charge in [0.25, 0.3) is 5.91 Å². The van der Waals surface area contributed by atoms with Crippen molar-refractivity contribution in [2.45, 2.75) is 39.0 Å². The maximum atomic E-state index is 13.6. The average Bonchev–Trinajstić information content (AvgIpc) is 3.18. The van der Waals surface area contributed by atoms with Gasteiger partial charge < -0.3 is 18.8 Å². The Labute approximate surface area is 210 Å². The first kappa shape index (κ1) is 23.8. The van der Waals surface area contributed by atoms with Gasteiger partial charge in [-0.1, -0.05) is 54.6 Å². The summed E-state index contributed by atoms with van der Waals surface area (Å²) in [6.45, 7) is 5.40. The SMILES string of the molecule is CC(C)OCCCN1C(=O)c2oc3ccccc3c(=O)c2[C@H]1c1ccc(OCc2ccccc2)cc1. The number of ether oxygens (including phenoxy) is 2. The predicted octanol–water partition coefficient (Wildman–Crippen LogP) is 5.73. The normalized spacial score (nSPS) is 15.0. The van der Waals surface area contributed by atoms with Gasteiger partial charge >= 0.3 is 0 Å². The third-order valence-electron chi connectivity index (χ3n) is 6.31. The Morgan fingerprint density at radius 3 is 2.39 bits per heavy atom. The number of para-hydroxylation sites is 1. The predicted molar refractivity (Wildman–Crippen MR) is 138 cm³/mol. The van der Waals surface area contributed by atoms with Crippen molar-refractivity contribution in [3.8, 4) is 5.75 Å². The standard InChI is InChI=1S/C30H29NO5/c1-20(2)34-18-8-17-31-27(22-13-15-23(16-14-22)35-19-21-9-4-3-5-10-21)26-28(32)24-11-6-7-12-25(24)36-29(26)30(31)33/h3-7,9-16,20,27H,8,17-19H2,1-2H3/t27-/m1/s1. The van der Waals surface area contributed by atoms with Crippen molar-refractivity contribution in [3.05, 3.63) is 112 Å². The summed E-state index contributed by atoms with van der Waals surface area (Å²) in [5, 5.41) is 0.474. The molecule has 0 saturated carbocycles. The van der Waals surface area contributed by atoms with Crippen LogP contribution in [0.4, 0.5) is 0 Å². The molecule has 0 saturated heterocycles. The fourth-order valence-corrected chi connectivity index (χ4v) is 4.59. The minimum absolute atomic E-state index is 0.115. The van der Waals surface area contributed by atoms with Crippen LogP contribution < -0.4 is 10.2 Å². The molecule has 1 amide bonds. The highest BCUT2D eigenvalue weighted by Gasteiger charge is 2.42. The number of fused-ring (bicyclic) bond motifs is 2. The zero-order valence-electron chi connectivity index (χ0n) is 20.5. The number of hydrogen-bond acceptors (Lipinski definition) is 5. The number of nitrogens with zero attached hydrogens (tertiary/aromatic N) is 1. The molecule has 0 unspecified atom stereocenters. The monoisotopic (exact) mass is 483 g/mol. The summed E-state index contributed by atoms with van der Waals surface area (Å²) < 4.78 is 17.6. The van der Waals surface area contributed by atoms with Gasteiger partial charge in [-0.05, 0) is 55.7 Å². The van der Waals surface area contributed by atoms with Gasteiger partial charge in [0.1, 0.15) is 17.9 Å². The highest BCUT2D eigenvalue weighted by Crippen LogP contribution is 2.38. The molecule has 184 valence electrons. The van der Waals surface area contributed by atoms with E-state index in [4.69, 9.17) is 13.9 Å². The Balaban J connectivity index is 1.46. The molecule has 6 heteroatoms. The van der Waals surface area contributed by atoms with Gasteiger partial charge in [0, 0.05) is 13.2 Å². The highest BCUT2D eigenvalue weighted by molar-refractivity contribution is 5.99. The molecule has 5 rings (SSSR count). The minimum Gasteiger partial charge on any atom is -0.489 e. The van der Waals surface area contributed by atoms with E-state index < -0.39 is 6.04 Å². The van der Waals surface area contributed by atoms with Crippen molar-refractivity contribution in [1.82, 2.24) is 4.90 Å². The van der Waals surface area contributed by atoms with Gasteiger partial charge in [-0.15, -0.1) is 0 Å². The first-order valence-corrected chi connectivity index (χ1v) is 12.3. The van der Waals surface area contributed by atoms with Gasteiger partial charge in [-0.25, -0.2) is 0 Å². The second-order valence-electron chi connectivity index (χ2n) is 9.19. The summed E-state index contributed by atoms with van der Waals surface area (Å²) in [5.41, 5.74) is 2.55. The molecular formula is C30H29NO5. The van der Waals surface area contributed by atoms with Crippen LogP contribution in [0.2, 0.25) is 0 Å². The first-order chi connectivity index (χ1) is 17.5. The maximum Gasteiger partial charge on any atom is 0.290 e. The zero-order chi connectivity index (χ0) is 25.1. The quantitative estimate of drug-likeness (QED) is 0.284. The van der Waals surface area contributed by atoms with Crippen LogP contribution in [0.15, 0.2) is 88.1 Å². The Morgan fingerprint density at radius 2 is 1.64 bits per heavy atom. The van der Waals surface area contributed by atoms with E-state index in [1.807, 2.05) is 68.4 Å². The highest BCUT2D eigenvalue weighted by atomic mass is 16.5. The van der Waals surface area contributed by atoms with Gasteiger partial charge in [-0.2, -0.15) is 0 Å². The van der Waals surface area contributed by atoms with Gasteiger partial charge in [0.15, 0.2) is 5.43 Å². The third-order valence-corrected chi connectivity index (χ3v) is 6.31. The summed E-state index contributed by atoms with van der Waals surface area (Å²) in [4.78, 5) is 28.7. The summed E-state index contributed by atoms with van der Waals surface area (Å²) in [6, 6.07) is 24.1. The largest absolute Gasteiger partial charge is 0.489 e. The van der Waals surface area contributed by atoms with E-state index in [1.54, 1.807) is 29.2 Å². The fraction of sp³-hybridized carbons (Fsp3) is 0.267. The number of carbonyl (C=O) groups is 1. The van der Waals surface area contributed by atoms with E-state index in [9.17, 15) is 9.59 Å². The topological polar surface area (TPSA) is 69.0 Å². The Hall–Kier alpha value is -3.90. The van der Waals surface area contributed by atoms with E-state index in [1.165, 1.54) is 0 Å². The molecule has 36 heavy (non-hydrogen) atoms. The lowest BCUT2D eigenvalue weighted by Crippen LogP contribution is -2.31. The van der Waals surface area contributed by atoms with Crippen LogP contribution in [0.5, 0.6) is 5.75 Å². The first-order valence-electron chi connectivity index (χ1n) is 12.3. The lowest BCUT2D eigenvalue weighted by Gasteiger charge is -2.25.